The van der Waals surface area contributed by atoms with Crippen LogP contribution >= 0.6 is 0 Å². The molecule has 3 nitrogen and oxygen atoms in total. The van der Waals surface area contributed by atoms with Gasteiger partial charge >= 0.3 is 0 Å². The lowest BCUT2D eigenvalue weighted by Gasteiger charge is -2.37. The van der Waals surface area contributed by atoms with Gasteiger partial charge in [0, 0.05) is 30.9 Å². The van der Waals surface area contributed by atoms with Gasteiger partial charge in [-0.3, -0.25) is 0 Å². The second-order valence-corrected chi connectivity index (χ2v) is 4.96. The lowest BCUT2D eigenvalue weighted by atomic mass is 10.0. The number of aliphatic hydroxyl groups excluding tert-OH is 1. The molecule has 1 heterocycles. The Morgan fingerprint density at radius 2 is 2.18 bits per heavy atom. The molecule has 1 unspecified atom stereocenters. The van der Waals surface area contributed by atoms with E-state index in [0.717, 1.165) is 17.8 Å². The molecule has 2 rings (SSSR count). The van der Waals surface area contributed by atoms with E-state index in [0.29, 0.717) is 6.04 Å². The van der Waals surface area contributed by atoms with Crippen LogP contribution in [0.25, 0.3) is 0 Å². The Kier molecular flexibility index (Phi) is 4.02. The molecule has 1 aromatic carbocycles. The standard InChI is InChI=1S/C14H22N2O/c1-15-9-5-7-13(10-15)16(2)14-8-4-3-6-12(14)11-17/h3-4,6,8,13,17H,5,7,9-11H2,1-2H3. The maximum atomic E-state index is 9.38. The molecule has 0 amide bonds. The van der Waals surface area contributed by atoms with Crippen LogP contribution in [0.15, 0.2) is 24.3 Å². The van der Waals surface area contributed by atoms with Gasteiger partial charge < -0.3 is 14.9 Å². The van der Waals surface area contributed by atoms with Crippen LogP contribution in [-0.2, 0) is 6.61 Å². The number of anilines is 1. The van der Waals surface area contributed by atoms with Gasteiger partial charge in [0.15, 0.2) is 0 Å². The first-order valence-electron chi connectivity index (χ1n) is 6.32. The molecule has 1 atom stereocenters. The Bertz CT molecular complexity index is 367. The Morgan fingerprint density at radius 3 is 2.88 bits per heavy atom. The van der Waals surface area contributed by atoms with Crippen molar-refractivity contribution in [3.63, 3.8) is 0 Å². The van der Waals surface area contributed by atoms with Crippen LogP contribution in [-0.4, -0.2) is 43.2 Å². The Balaban J connectivity index is 2.15. The van der Waals surface area contributed by atoms with Crippen LogP contribution in [0.5, 0.6) is 0 Å². The topological polar surface area (TPSA) is 26.7 Å². The lowest BCUT2D eigenvalue weighted by Crippen LogP contribution is -2.45. The van der Waals surface area contributed by atoms with Crippen LogP contribution in [0.2, 0.25) is 0 Å². The van der Waals surface area contributed by atoms with Gasteiger partial charge in [-0.2, -0.15) is 0 Å². The van der Waals surface area contributed by atoms with Crippen molar-refractivity contribution in [2.75, 3.05) is 32.1 Å². The van der Waals surface area contributed by atoms with E-state index in [4.69, 9.17) is 0 Å². The molecule has 1 aliphatic heterocycles. The summed E-state index contributed by atoms with van der Waals surface area (Å²) in [6, 6.07) is 8.67. The van der Waals surface area contributed by atoms with E-state index in [-0.39, 0.29) is 6.61 Å². The molecule has 0 aliphatic carbocycles. The van der Waals surface area contributed by atoms with Gasteiger partial charge in [-0.25, -0.2) is 0 Å². The van der Waals surface area contributed by atoms with Crippen molar-refractivity contribution in [1.82, 2.24) is 4.90 Å². The fraction of sp³-hybridized carbons (Fsp3) is 0.571. The number of piperidine rings is 1. The summed E-state index contributed by atoms with van der Waals surface area (Å²) in [6.07, 6.45) is 2.49. The number of para-hydroxylation sites is 1. The summed E-state index contributed by atoms with van der Waals surface area (Å²) in [5.41, 5.74) is 2.18. The third kappa shape index (κ3) is 2.79. The lowest BCUT2D eigenvalue weighted by molar-refractivity contribution is 0.246. The first-order valence-corrected chi connectivity index (χ1v) is 6.32. The summed E-state index contributed by atoms with van der Waals surface area (Å²) in [5, 5.41) is 9.38. The second-order valence-electron chi connectivity index (χ2n) is 4.96. The Hall–Kier alpha value is -1.06. The van der Waals surface area contributed by atoms with Crippen LogP contribution in [0.3, 0.4) is 0 Å². The first kappa shape index (κ1) is 12.4. The average Bonchev–Trinajstić information content (AvgIpc) is 2.38. The van der Waals surface area contributed by atoms with Gasteiger partial charge in [0.2, 0.25) is 0 Å². The summed E-state index contributed by atoms with van der Waals surface area (Å²) < 4.78 is 0. The van der Waals surface area contributed by atoms with E-state index < -0.39 is 0 Å². The largest absolute Gasteiger partial charge is 0.392 e. The number of hydrogen-bond donors (Lipinski definition) is 1. The fourth-order valence-electron chi connectivity index (χ4n) is 2.64. The van der Waals surface area contributed by atoms with E-state index >= 15 is 0 Å². The van der Waals surface area contributed by atoms with Gasteiger partial charge in [0.25, 0.3) is 0 Å². The summed E-state index contributed by atoms with van der Waals surface area (Å²) in [5.74, 6) is 0. The zero-order valence-corrected chi connectivity index (χ0v) is 10.8. The van der Waals surface area contributed by atoms with Crippen LogP contribution in [0.4, 0.5) is 5.69 Å². The van der Waals surface area contributed by atoms with E-state index in [9.17, 15) is 5.11 Å². The van der Waals surface area contributed by atoms with Crippen LogP contribution < -0.4 is 4.90 Å². The highest BCUT2D eigenvalue weighted by Crippen LogP contribution is 2.24. The smallest absolute Gasteiger partial charge is 0.0702 e. The van der Waals surface area contributed by atoms with Crippen molar-refractivity contribution < 1.29 is 5.11 Å². The molecule has 1 fully saturated rings. The minimum Gasteiger partial charge on any atom is -0.392 e. The molecule has 0 bridgehead atoms. The molecular formula is C14H22N2O. The number of nitrogens with zero attached hydrogens (tertiary/aromatic N) is 2. The normalized spacial score (nSPS) is 21.5. The third-order valence-corrected chi connectivity index (χ3v) is 3.69. The van der Waals surface area contributed by atoms with E-state index in [1.807, 2.05) is 18.2 Å². The van der Waals surface area contributed by atoms with Crippen molar-refractivity contribution in [2.45, 2.75) is 25.5 Å². The molecule has 1 N–H and O–H groups in total. The van der Waals surface area contributed by atoms with Crippen molar-refractivity contribution in [1.29, 1.82) is 0 Å². The number of hydrogen-bond acceptors (Lipinski definition) is 3. The zero-order valence-electron chi connectivity index (χ0n) is 10.8. The van der Waals surface area contributed by atoms with E-state index in [2.05, 4.69) is 30.0 Å². The molecule has 1 aromatic rings. The molecule has 1 aliphatic rings. The summed E-state index contributed by atoms with van der Waals surface area (Å²) >= 11 is 0. The molecule has 0 spiro atoms. The molecular weight excluding hydrogens is 212 g/mol. The molecule has 3 heteroatoms. The number of likely N-dealkylation sites (N-methyl/N-ethyl adjacent to an activating group) is 2. The summed E-state index contributed by atoms with van der Waals surface area (Å²) in [4.78, 5) is 4.70. The Morgan fingerprint density at radius 1 is 1.41 bits per heavy atom. The highest BCUT2D eigenvalue weighted by molar-refractivity contribution is 5.53. The molecule has 1 saturated heterocycles. The Labute approximate surface area is 104 Å². The van der Waals surface area contributed by atoms with Gasteiger partial charge in [-0.15, -0.1) is 0 Å². The molecule has 94 valence electrons. The quantitative estimate of drug-likeness (QED) is 0.862. The summed E-state index contributed by atoms with van der Waals surface area (Å²) in [6.45, 7) is 2.42. The number of aliphatic hydroxyl groups is 1. The van der Waals surface area contributed by atoms with Crippen molar-refractivity contribution >= 4 is 5.69 Å². The minimum atomic E-state index is 0.114. The second kappa shape index (κ2) is 5.52. The first-order chi connectivity index (χ1) is 8.22. The monoisotopic (exact) mass is 234 g/mol. The van der Waals surface area contributed by atoms with Gasteiger partial charge in [0.05, 0.1) is 6.61 Å². The summed E-state index contributed by atoms with van der Waals surface area (Å²) in [7, 11) is 4.32. The van der Waals surface area contributed by atoms with Crippen LogP contribution in [0, 0.1) is 0 Å². The molecule has 0 saturated carbocycles. The number of rotatable bonds is 3. The highest BCUT2D eigenvalue weighted by atomic mass is 16.3. The highest BCUT2D eigenvalue weighted by Gasteiger charge is 2.22. The molecule has 0 radical (unpaired) electrons. The fourth-order valence-corrected chi connectivity index (χ4v) is 2.64. The van der Waals surface area contributed by atoms with E-state index in [1.54, 1.807) is 0 Å². The molecule has 0 aromatic heterocycles. The minimum absolute atomic E-state index is 0.114. The van der Waals surface area contributed by atoms with Gasteiger partial charge in [0.1, 0.15) is 0 Å². The third-order valence-electron chi connectivity index (χ3n) is 3.69. The maximum absolute atomic E-state index is 9.38. The number of benzene rings is 1. The SMILES string of the molecule is CN1CCCC(N(C)c2ccccc2CO)C1. The number of likely N-dealkylation sites (tertiary alicyclic amines) is 1. The predicted molar refractivity (Wildman–Crippen MR) is 71.3 cm³/mol. The van der Waals surface area contributed by atoms with Crippen molar-refractivity contribution in [2.24, 2.45) is 0 Å². The van der Waals surface area contributed by atoms with E-state index in [1.165, 1.54) is 19.4 Å². The van der Waals surface area contributed by atoms with Crippen LogP contribution in [0.1, 0.15) is 18.4 Å². The maximum Gasteiger partial charge on any atom is 0.0702 e. The zero-order chi connectivity index (χ0) is 12.3. The van der Waals surface area contributed by atoms with Gasteiger partial charge in [-0.1, -0.05) is 18.2 Å². The van der Waals surface area contributed by atoms with Crippen molar-refractivity contribution in [3.8, 4) is 0 Å². The van der Waals surface area contributed by atoms with Crippen molar-refractivity contribution in [3.05, 3.63) is 29.8 Å². The average molecular weight is 234 g/mol. The van der Waals surface area contributed by atoms with Gasteiger partial charge in [-0.05, 0) is 32.5 Å². The molecule has 17 heavy (non-hydrogen) atoms. The predicted octanol–water partition coefficient (Wildman–Crippen LogP) is 1.71.